The third kappa shape index (κ3) is 2.35. The fourth-order valence-corrected chi connectivity index (χ4v) is 1.58. The zero-order chi connectivity index (χ0) is 13.1. The van der Waals surface area contributed by atoms with Crippen molar-refractivity contribution in [3.05, 3.63) is 57.7 Å². The minimum atomic E-state index is -0.858. The highest BCUT2D eigenvalue weighted by Crippen LogP contribution is 2.20. The second-order valence-corrected chi connectivity index (χ2v) is 3.71. The normalized spacial score (nSPS) is 10.6. The van der Waals surface area contributed by atoms with Crippen LogP contribution in [0.15, 0.2) is 30.6 Å². The van der Waals surface area contributed by atoms with Crippen LogP contribution in [0.1, 0.15) is 11.1 Å². The van der Waals surface area contributed by atoms with Crippen molar-refractivity contribution in [2.24, 2.45) is 0 Å². The van der Waals surface area contributed by atoms with Crippen molar-refractivity contribution >= 4 is 5.69 Å². The number of aliphatic hydroxyl groups excluding tert-OH is 1. The number of aliphatic hydroxyl groups is 1. The number of aromatic nitrogens is 2. The van der Waals surface area contributed by atoms with Crippen molar-refractivity contribution in [3.63, 3.8) is 0 Å². The molecule has 0 fully saturated rings. The zero-order valence-electron chi connectivity index (χ0n) is 9.28. The van der Waals surface area contributed by atoms with E-state index in [9.17, 15) is 14.5 Å². The van der Waals surface area contributed by atoms with E-state index in [4.69, 9.17) is 5.11 Å². The molecule has 1 aromatic carbocycles. The summed E-state index contributed by atoms with van der Waals surface area (Å²) in [5.74, 6) is -0.858. The van der Waals surface area contributed by atoms with E-state index in [1.165, 1.54) is 23.0 Å². The molecule has 0 amide bonds. The molecule has 2 rings (SSSR count). The number of nitro groups is 1. The van der Waals surface area contributed by atoms with E-state index in [0.29, 0.717) is 5.56 Å². The van der Waals surface area contributed by atoms with Crippen LogP contribution in [0.3, 0.4) is 0 Å². The van der Waals surface area contributed by atoms with Crippen LogP contribution in [0.4, 0.5) is 10.1 Å². The van der Waals surface area contributed by atoms with Crippen molar-refractivity contribution in [2.75, 3.05) is 0 Å². The molecule has 1 N–H and O–H groups in total. The number of nitrogens with zero attached hydrogens (tertiary/aromatic N) is 3. The van der Waals surface area contributed by atoms with Gasteiger partial charge in [0.2, 0.25) is 5.82 Å². The highest BCUT2D eigenvalue weighted by molar-refractivity contribution is 5.36. The molecule has 0 saturated heterocycles. The topological polar surface area (TPSA) is 81.2 Å². The summed E-state index contributed by atoms with van der Waals surface area (Å²) in [5, 5.41) is 23.4. The molecule has 0 radical (unpaired) electrons. The van der Waals surface area contributed by atoms with Crippen molar-refractivity contribution in [1.82, 2.24) is 9.78 Å². The Labute approximate surface area is 101 Å². The maximum atomic E-state index is 13.8. The van der Waals surface area contributed by atoms with Gasteiger partial charge in [-0.2, -0.15) is 9.49 Å². The second kappa shape index (κ2) is 4.92. The Hall–Kier alpha value is -2.28. The van der Waals surface area contributed by atoms with Gasteiger partial charge >= 0.3 is 5.69 Å². The molecule has 7 heteroatoms. The predicted octanol–water partition coefficient (Wildman–Crippen LogP) is 1.47. The van der Waals surface area contributed by atoms with Gasteiger partial charge in [-0.3, -0.25) is 14.8 Å². The van der Waals surface area contributed by atoms with Crippen molar-refractivity contribution in [3.8, 4) is 0 Å². The van der Waals surface area contributed by atoms with E-state index < -0.39 is 16.4 Å². The van der Waals surface area contributed by atoms with Gasteiger partial charge in [0.05, 0.1) is 24.3 Å². The Morgan fingerprint density at radius 3 is 2.89 bits per heavy atom. The molecule has 0 aliphatic heterocycles. The minimum Gasteiger partial charge on any atom is -0.392 e. The number of halogens is 1. The first kappa shape index (κ1) is 12.2. The summed E-state index contributed by atoms with van der Waals surface area (Å²) in [6, 6.07) is 4.00. The molecule has 0 saturated carbocycles. The summed E-state index contributed by atoms with van der Waals surface area (Å²) >= 11 is 0. The summed E-state index contributed by atoms with van der Waals surface area (Å²) in [4.78, 5) is 9.82. The molecular formula is C11H10FN3O3. The number of hydrogen-bond donors (Lipinski definition) is 1. The number of rotatable bonds is 4. The quantitative estimate of drug-likeness (QED) is 0.659. The van der Waals surface area contributed by atoms with Crippen LogP contribution in [0.5, 0.6) is 0 Å². The lowest BCUT2D eigenvalue weighted by Crippen LogP contribution is -2.04. The maximum absolute atomic E-state index is 13.8. The lowest BCUT2D eigenvalue weighted by molar-refractivity contribution is -0.387. The molecule has 18 heavy (non-hydrogen) atoms. The highest BCUT2D eigenvalue weighted by atomic mass is 19.1. The Morgan fingerprint density at radius 1 is 1.50 bits per heavy atom. The largest absolute Gasteiger partial charge is 0.392 e. The molecule has 1 heterocycles. The lowest BCUT2D eigenvalue weighted by Gasteiger charge is -2.03. The fraction of sp³-hybridized carbons (Fsp3) is 0.182. The van der Waals surface area contributed by atoms with E-state index in [1.807, 2.05) is 0 Å². The van der Waals surface area contributed by atoms with E-state index >= 15 is 0 Å². The molecule has 6 nitrogen and oxygen atoms in total. The highest BCUT2D eigenvalue weighted by Gasteiger charge is 2.17. The van der Waals surface area contributed by atoms with Crippen LogP contribution >= 0.6 is 0 Å². The van der Waals surface area contributed by atoms with Gasteiger partial charge < -0.3 is 5.11 Å². The molecule has 0 aliphatic carbocycles. The van der Waals surface area contributed by atoms with Gasteiger partial charge in [0.15, 0.2) is 0 Å². The average Bonchev–Trinajstić information content (AvgIpc) is 2.79. The van der Waals surface area contributed by atoms with Gasteiger partial charge in [0, 0.05) is 23.4 Å². The van der Waals surface area contributed by atoms with Gasteiger partial charge in [-0.15, -0.1) is 0 Å². The molecule has 1 aromatic heterocycles. The third-order valence-corrected chi connectivity index (χ3v) is 2.46. The van der Waals surface area contributed by atoms with Gasteiger partial charge in [0.25, 0.3) is 0 Å². The van der Waals surface area contributed by atoms with E-state index in [-0.39, 0.29) is 18.7 Å². The number of hydrogen-bond acceptors (Lipinski definition) is 4. The van der Waals surface area contributed by atoms with Crippen LogP contribution < -0.4 is 0 Å². The first-order chi connectivity index (χ1) is 8.61. The third-order valence-electron chi connectivity index (χ3n) is 2.46. The number of nitro benzene ring substituents is 1. The monoisotopic (exact) mass is 251 g/mol. The Balaban J connectivity index is 2.29. The standard InChI is InChI=1S/C11H10FN3O3/c12-11-9(2-1-3-10(11)15(17)18)6-14-5-8(7-16)4-13-14/h1-5,16H,6-7H2. The van der Waals surface area contributed by atoms with E-state index in [1.54, 1.807) is 6.20 Å². The summed E-state index contributed by atoms with van der Waals surface area (Å²) < 4.78 is 15.2. The first-order valence-electron chi connectivity index (χ1n) is 5.16. The summed E-state index contributed by atoms with van der Waals surface area (Å²) in [6.45, 7) is -0.0784. The fourth-order valence-electron chi connectivity index (χ4n) is 1.58. The molecule has 0 unspecified atom stereocenters. The van der Waals surface area contributed by atoms with Crippen LogP contribution in [0.25, 0.3) is 0 Å². The van der Waals surface area contributed by atoms with Crippen LogP contribution in [-0.4, -0.2) is 19.8 Å². The Kier molecular flexibility index (Phi) is 3.33. The summed E-state index contributed by atoms with van der Waals surface area (Å²) in [6.07, 6.45) is 3.01. The summed E-state index contributed by atoms with van der Waals surface area (Å²) in [7, 11) is 0. The van der Waals surface area contributed by atoms with Gasteiger partial charge in [-0.1, -0.05) is 12.1 Å². The molecule has 0 spiro atoms. The van der Waals surface area contributed by atoms with Crippen LogP contribution in [-0.2, 0) is 13.2 Å². The molecule has 0 aliphatic rings. The summed E-state index contributed by atoms with van der Waals surface area (Å²) in [5.41, 5.74) is 0.222. The van der Waals surface area contributed by atoms with Crippen molar-refractivity contribution in [1.29, 1.82) is 0 Å². The lowest BCUT2D eigenvalue weighted by atomic mass is 10.2. The Morgan fingerprint density at radius 2 is 2.28 bits per heavy atom. The van der Waals surface area contributed by atoms with Crippen LogP contribution in [0, 0.1) is 15.9 Å². The predicted molar refractivity (Wildman–Crippen MR) is 60.3 cm³/mol. The minimum absolute atomic E-state index is 0.0769. The SMILES string of the molecule is O=[N+]([O-])c1cccc(Cn2cc(CO)cn2)c1F. The molecule has 2 aromatic rings. The van der Waals surface area contributed by atoms with Gasteiger partial charge in [-0.05, 0) is 0 Å². The van der Waals surface area contributed by atoms with E-state index in [0.717, 1.165) is 6.07 Å². The first-order valence-corrected chi connectivity index (χ1v) is 5.16. The molecule has 0 bridgehead atoms. The second-order valence-electron chi connectivity index (χ2n) is 3.71. The number of benzene rings is 1. The van der Waals surface area contributed by atoms with Crippen molar-refractivity contribution < 1.29 is 14.4 Å². The molecule has 0 atom stereocenters. The molecule has 94 valence electrons. The zero-order valence-corrected chi connectivity index (χ0v) is 9.28. The smallest absolute Gasteiger partial charge is 0.305 e. The van der Waals surface area contributed by atoms with Gasteiger partial charge in [-0.25, -0.2) is 0 Å². The van der Waals surface area contributed by atoms with Gasteiger partial charge in [0.1, 0.15) is 0 Å². The van der Waals surface area contributed by atoms with E-state index in [2.05, 4.69) is 5.10 Å². The molecular weight excluding hydrogens is 241 g/mol. The maximum Gasteiger partial charge on any atom is 0.305 e. The van der Waals surface area contributed by atoms with Crippen molar-refractivity contribution in [2.45, 2.75) is 13.2 Å². The van der Waals surface area contributed by atoms with Crippen LogP contribution in [0.2, 0.25) is 0 Å². The Bertz CT molecular complexity index is 583. The average molecular weight is 251 g/mol.